The van der Waals surface area contributed by atoms with Crippen molar-refractivity contribution in [1.82, 2.24) is 9.88 Å². The van der Waals surface area contributed by atoms with Crippen molar-refractivity contribution in [3.63, 3.8) is 0 Å². The number of nitrogens with one attached hydrogen (secondary N) is 1. The van der Waals surface area contributed by atoms with Crippen LogP contribution in [0.3, 0.4) is 0 Å². The van der Waals surface area contributed by atoms with Gasteiger partial charge in [-0.1, -0.05) is 13.8 Å². The van der Waals surface area contributed by atoms with Gasteiger partial charge in [-0.25, -0.2) is 0 Å². The van der Waals surface area contributed by atoms with Gasteiger partial charge < -0.3 is 15.0 Å². The first-order valence-electron chi connectivity index (χ1n) is 6.77. The molecule has 1 aromatic rings. The normalized spacial score (nSPS) is 25.0. The van der Waals surface area contributed by atoms with Gasteiger partial charge in [-0.15, -0.1) is 0 Å². The summed E-state index contributed by atoms with van der Waals surface area (Å²) in [5, 5.41) is 10.4. The largest absolute Gasteiger partial charge is 0.388 e. The average molecular weight is 278 g/mol. The first-order valence-corrected chi connectivity index (χ1v) is 6.77. The van der Waals surface area contributed by atoms with Crippen molar-refractivity contribution in [2.24, 2.45) is 5.41 Å². The first-order chi connectivity index (χ1) is 9.05. The molecule has 5 heteroatoms. The fraction of sp³-hybridized carbons (Fsp3) is 0.600. The Morgan fingerprint density at radius 3 is 2.35 bits per heavy atom. The number of hydrogen-bond acceptors (Lipinski definition) is 3. The smallest absolute Gasteiger partial charge is 0.259 e. The van der Waals surface area contributed by atoms with E-state index < -0.39 is 11.0 Å². The molecule has 1 amide bonds. The highest BCUT2D eigenvalue weighted by Crippen LogP contribution is 2.38. The van der Waals surface area contributed by atoms with Crippen LogP contribution in [0.15, 0.2) is 10.9 Å². The minimum absolute atomic E-state index is 0.170. The fourth-order valence-corrected chi connectivity index (χ4v) is 2.70. The number of pyridine rings is 1. The standard InChI is InChI=1S/C15H22N2O3/c1-9-6-11(18)12(10(2)16-9)13(19)17-7-14(3,4)15(5,20)8-17/h6,20H,7-8H2,1-5H3,(H,16,18)/t15-/m1/s1. The third-order valence-corrected chi connectivity index (χ3v) is 4.40. The molecule has 0 bridgehead atoms. The van der Waals surface area contributed by atoms with Gasteiger partial charge in [0.05, 0.1) is 12.1 Å². The molecule has 0 saturated carbocycles. The number of nitrogens with zero attached hydrogens (tertiary/aromatic N) is 1. The molecule has 1 atom stereocenters. The van der Waals surface area contributed by atoms with Crippen LogP contribution in [0.25, 0.3) is 0 Å². The molecule has 1 aliphatic rings. The number of carbonyl (C=O) groups is 1. The van der Waals surface area contributed by atoms with Crippen LogP contribution >= 0.6 is 0 Å². The first kappa shape index (κ1) is 14.8. The Labute approximate surface area is 118 Å². The van der Waals surface area contributed by atoms with E-state index in [0.717, 1.165) is 5.69 Å². The lowest BCUT2D eigenvalue weighted by Gasteiger charge is -2.30. The third kappa shape index (κ3) is 2.26. The molecule has 20 heavy (non-hydrogen) atoms. The van der Waals surface area contributed by atoms with E-state index in [1.807, 2.05) is 13.8 Å². The summed E-state index contributed by atoms with van der Waals surface area (Å²) in [6, 6.07) is 1.43. The Balaban J connectivity index is 2.38. The summed E-state index contributed by atoms with van der Waals surface area (Å²) >= 11 is 0. The van der Waals surface area contributed by atoms with E-state index in [0.29, 0.717) is 12.2 Å². The van der Waals surface area contributed by atoms with Crippen LogP contribution in [0.2, 0.25) is 0 Å². The van der Waals surface area contributed by atoms with Crippen LogP contribution in [0, 0.1) is 19.3 Å². The second-order valence-corrected chi connectivity index (χ2v) is 6.64. The van der Waals surface area contributed by atoms with Crippen LogP contribution < -0.4 is 5.43 Å². The van der Waals surface area contributed by atoms with Gasteiger partial charge in [0.2, 0.25) is 0 Å². The number of β-amino-alcohol motifs (C(OH)–C–C–N with tert-alkyl or cyclic N) is 1. The van der Waals surface area contributed by atoms with Crippen molar-refractivity contribution in [3.05, 3.63) is 33.2 Å². The number of amides is 1. The van der Waals surface area contributed by atoms with Gasteiger partial charge >= 0.3 is 0 Å². The third-order valence-electron chi connectivity index (χ3n) is 4.40. The Bertz CT molecular complexity index is 598. The van der Waals surface area contributed by atoms with E-state index in [1.54, 1.807) is 25.7 Å². The number of hydrogen-bond donors (Lipinski definition) is 2. The van der Waals surface area contributed by atoms with Gasteiger partial charge in [-0.3, -0.25) is 9.59 Å². The van der Waals surface area contributed by atoms with E-state index in [-0.39, 0.29) is 23.4 Å². The second kappa shape index (κ2) is 4.45. The van der Waals surface area contributed by atoms with Crippen molar-refractivity contribution < 1.29 is 9.90 Å². The summed E-state index contributed by atoms with van der Waals surface area (Å²) in [5.74, 6) is -0.311. The Morgan fingerprint density at radius 2 is 1.90 bits per heavy atom. The number of aromatic amines is 1. The lowest BCUT2D eigenvalue weighted by Crippen LogP contribution is -2.40. The molecule has 2 N–H and O–H groups in total. The molecule has 0 aliphatic carbocycles. The lowest BCUT2D eigenvalue weighted by molar-refractivity contribution is -0.0108. The Hall–Kier alpha value is -1.62. The molecule has 2 heterocycles. The highest BCUT2D eigenvalue weighted by Gasteiger charge is 2.49. The quantitative estimate of drug-likeness (QED) is 0.811. The van der Waals surface area contributed by atoms with Crippen LogP contribution in [0.5, 0.6) is 0 Å². The molecule has 0 aromatic carbocycles. The predicted molar refractivity (Wildman–Crippen MR) is 76.8 cm³/mol. The van der Waals surface area contributed by atoms with Crippen LogP contribution in [-0.2, 0) is 0 Å². The SMILES string of the molecule is Cc1cc(=O)c(C(=O)N2CC(C)(C)[C@](C)(O)C2)c(C)[nH]1. The van der Waals surface area contributed by atoms with Gasteiger partial charge in [0.15, 0.2) is 5.43 Å². The van der Waals surface area contributed by atoms with Gasteiger partial charge in [-0.2, -0.15) is 0 Å². The molecule has 0 spiro atoms. The summed E-state index contributed by atoms with van der Waals surface area (Å²) in [4.78, 5) is 29.2. The maximum absolute atomic E-state index is 12.6. The minimum Gasteiger partial charge on any atom is -0.388 e. The molecule has 0 unspecified atom stereocenters. The number of H-pyrrole nitrogens is 1. The van der Waals surface area contributed by atoms with Crippen molar-refractivity contribution in [3.8, 4) is 0 Å². The van der Waals surface area contributed by atoms with E-state index in [4.69, 9.17) is 0 Å². The number of rotatable bonds is 1. The van der Waals surface area contributed by atoms with E-state index in [2.05, 4.69) is 4.98 Å². The second-order valence-electron chi connectivity index (χ2n) is 6.64. The average Bonchev–Trinajstić information content (AvgIpc) is 2.46. The topological polar surface area (TPSA) is 73.4 Å². The van der Waals surface area contributed by atoms with Crippen LogP contribution in [-0.4, -0.2) is 39.6 Å². The van der Waals surface area contributed by atoms with Gasteiger partial charge in [0, 0.05) is 29.4 Å². The summed E-state index contributed by atoms with van der Waals surface area (Å²) in [7, 11) is 0. The molecular formula is C15H22N2O3. The highest BCUT2D eigenvalue weighted by atomic mass is 16.3. The number of aliphatic hydroxyl groups is 1. The van der Waals surface area contributed by atoms with Crippen molar-refractivity contribution in [1.29, 1.82) is 0 Å². The summed E-state index contributed by atoms with van der Waals surface area (Å²) in [5.41, 5.74) is -0.137. The van der Waals surface area contributed by atoms with Crippen molar-refractivity contribution in [2.75, 3.05) is 13.1 Å². The summed E-state index contributed by atoms with van der Waals surface area (Å²) in [6.07, 6.45) is 0. The Morgan fingerprint density at radius 1 is 1.30 bits per heavy atom. The van der Waals surface area contributed by atoms with E-state index in [9.17, 15) is 14.7 Å². The summed E-state index contributed by atoms with van der Waals surface area (Å²) in [6.45, 7) is 9.76. The molecule has 0 radical (unpaired) electrons. The maximum atomic E-state index is 12.6. The van der Waals surface area contributed by atoms with Crippen LogP contribution in [0.1, 0.15) is 42.5 Å². The Kier molecular flexibility index (Phi) is 3.29. The van der Waals surface area contributed by atoms with Crippen molar-refractivity contribution >= 4 is 5.91 Å². The zero-order chi connectivity index (χ0) is 15.3. The highest BCUT2D eigenvalue weighted by molar-refractivity contribution is 5.95. The van der Waals surface area contributed by atoms with Gasteiger partial charge in [0.25, 0.3) is 5.91 Å². The number of carbonyl (C=O) groups excluding carboxylic acids is 1. The zero-order valence-electron chi connectivity index (χ0n) is 12.7. The fourth-order valence-electron chi connectivity index (χ4n) is 2.70. The number of aromatic nitrogens is 1. The van der Waals surface area contributed by atoms with E-state index in [1.165, 1.54) is 6.07 Å². The number of aryl methyl sites for hydroxylation is 2. The van der Waals surface area contributed by atoms with Gasteiger partial charge in [-0.05, 0) is 20.8 Å². The molecule has 1 fully saturated rings. The predicted octanol–water partition coefficient (Wildman–Crippen LogP) is 1.22. The van der Waals surface area contributed by atoms with Crippen molar-refractivity contribution in [2.45, 2.75) is 40.2 Å². The monoisotopic (exact) mass is 278 g/mol. The van der Waals surface area contributed by atoms with Gasteiger partial charge in [0.1, 0.15) is 5.56 Å². The minimum atomic E-state index is -0.950. The van der Waals surface area contributed by atoms with Crippen LogP contribution in [0.4, 0.5) is 0 Å². The molecule has 2 rings (SSSR count). The molecule has 1 saturated heterocycles. The molecule has 110 valence electrons. The maximum Gasteiger partial charge on any atom is 0.259 e. The molecule has 1 aromatic heterocycles. The molecule has 1 aliphatic heterocycles. The summed E-state index contributed by atoms with van der Waals surface area (Å²) < 4.78 is 0. The number of likely N-dealkylation sites (tertiary alicyclic amines) is 1. The lowest BCUT2D eigenvalue weighted by atomic mass is 9.79. The zero-order valence-corrected chi connectivity index (χ0v) is 12.7. The van der Waals surface area contributed by atoms with E-state index >= 15 is 0 Å². The molecular weight excluding hydrogens is 256 g/mol. The molecule has 5 nitrogen and oxygen atoms in total.